The number of benzene rings is 1. The van der Waals surface area contributed by atoms with Gasteiger partial charge in [-0.15, -0.1) is 0 Å². The highest BCUT2D eigenvalue weighted by molar-refractivity contribution is 5.53. The van der Waals surface area contributed by atoms with Crippen molar-refractivity contribution < 1.29 is 9.26 Å². The molecule has 1 atom stereocenters. The maximum atomic E-state index is 5.58. The van der Waals surface area contributed by atoms with Crippen LogP contribution in [0.15, 0.2) is 34.9 Å². The minimum atomic E-state index is 0.162. The summed E-state index contributed by atoms with van der Waals surface area (Å²) >= 11 is 0. The van der Waals surface area contributed by atoms with E-state index in [1.807, 2.05) is 30.3 Å². The Morgan fingerprint density at radius 1 is 1.12 bits per heavy atom. The van der Waals surface area contributed by atoms with Crippen LogP contribution in [0.5, 0.6) is 0 Å². The molecule has 0 aliphatic carbocycles. The predicted octanol–water partition coefficient (Wildman–Crippen LogP) is 3.69. The Labute approximate surface area is 143 Å². The standard InChI is InChI=1S/C19H25N3O2/c1-15(18-20-17(21-24-18)16-6-3-2-4-7-16)22-11-5-8-19(14-22)9-12-23-13-10-19/h2-4,6-7,15H,5,8-14H2,1H3. The van der Waals surface area contributed by atoms with Gasteiger partial charge in [-0.2, -0.15) is 4.98 Å². The van der Waals surface area contributed by atoms with E-state index in [1.54, 1.807) is 0 Å². The van der Waals surface area contributed by atoms with Crippen molar-refractivity contribution in [1.82, 2.24) is 15.0 Å². The van der Waals surface area contributed by atoms with Crippen LogP contribution in [0, 0.1) is 5.41 Å². The van der Waals surface area contributed by atoms with Crippen molar-refractivity contribution in [2.75, 3.05) is 26.3 Å². The number of hydrogen-bond acceptors (Lipinski definition) is 5. The minimum Gasteiger partial charge on any atom is -0.381 e. The van der Waals surface area contributed by atoms with Crippen LogP contribution in [0.4, 0.5) is 0 Å². The molecule has 2 fully saturated rings. The first-order valence-corrected chi connectivity index (χ1v) is 8.97. The second-order valence-electron chi connectivity index (χ2n) is 7.18. The summed E-state index contributed by atoms with van der Waals surface area (Å²) in [6.07, 6.45) is 4.91. The number of aromatic nitrogens is 2. The smallest absolute Gasteiger partial charge is 0.244 e. The fraction of sp³-hybridized carbons (Fsp3) is 0.579. The van der Waals surface area contributed by atoms with Gasteiger partial charge in [0.05, 0.1) is 6.04 Å². The van der Waals surface area contributed by atoms with Crippen LogP contribution in [-0.4, -0.2) is 41.3 Å². The van der Waals surface area contributed by atoms with E-state index in [9.17, 15) is 0 Å². The van der Waals surface area contributed by atoms with Gasteiger partial charge >= 0.3 is 0 Å². The van der Waals surface area contributed by atoms with Gasteiger partial charge in [0.2, 0.25) is 11.7 Å². The molecule has 0 N–H and O–H groups in total. The average molecular weight is 327 g/mol. The second kappa shape index (κ2) is 6.65. The number of likely N-dealkylation sites (tertiary alicyclic amines) is 1. The molecule has 24 heavy (non-hydrogen) atoms. The minimum absolute atomic E-state index is 0.162. The van der Waals surface area contributed by atoms with Gasteiger partial charge in [0.25, 0.3) is 0 Å². The third kappa shape index (κ3) is 3.10. The van der Waals surface area contributed by atoms with Crippen molar-refractivity contribution in [3.05, 3.63) is 36.2 Å². The molecule has 2 aliphatic rings. The number of hydrogen-bond donors (Lipinski definition) is 0. The molecule has 0 saturated carbocycles. The fourth-order valence-corrected chi connectivity index (χ4v) is 4.05. The van der Waals surface area contributed by atoms with Crippen LogP contribution in [0.1, 0.15) is 44.5 Å². The van der Waals surface area contributed by atoms with Crippen LogP contribution in [0.3, 0.4) is 0 Å². The monoisotopic (exact) mass is 327 g/mol. The first-order chi connectivity index (χ1) is 11.8. The zero-order valence-corrected chi connectivity index (χ0v) is 14.3. The van der Waals surface area contributed by atoms with Crippen LogP contribution in [-0.2, 0) is 4.74 Å². The van der Waals surface area contributed by atoms with E-state index in [2.05, 4.69) is 22.0 Å². The zero-order valence-electron chi connectivity index (χ0n) is 14.3. The van der Waals surface area contributed by atoms with Gasteiger partial charge in [0.15, 0.2) is 0 Å². The molecule has 0 amide bonds. The van der Waals surface area contributed by atoms with E-state index >= 15 is 0 Å². The lowest BCUT2D eigenvalue weighted by atomic mass is 9.73. The van der Waals surface area contributed by atoms with E-state index in [0.717, 1.165) is 37.8 Å². The highest BCUT2D eigenvalue weighted by Crippen LogP contribution is 2.41. The van der Waals surface area contributed by atoms with Crippen molar-refractivity contribution in [2.45, 2.75) is 38.6 Å². The maximum Gasteiger partial charge on any atom is 0.244 e. The van der Waals surface area contributed by atoms with E-state index in [-0.39, 0.29) is 6.04 Å². The molecule has 1 spiro atoms. The number of rotatable bonds is 3. The molecule has 1 unspecified atom stereocenters. The van der Waals surface area contributed by atoms with Gasteiger partial charge < -0.3 is 9.26 Å². The van der Waals surface area contributed by atoms with Crippen LogP contribution >= 0.6 is 0 Å². The summed E-state index contributed by atoms with van der Waals surface area (Å²) < 4.78 is 11.2. The largest absolute Gasteiger partial charge is 0.381 e. The molecule has 0 radical (unpaired) electrons. The summed E-state index contributed by atoms with van der Waals surface area (Å²) in [5, 5.41) is 4.17. The van der Waals surface area contributed by atoms with Gasteiger partial charge in [0, 0.05) is 25.3 Å². The summed E-state index contributed by atoms with van der Waals surface area (Å²) in [6.45, 7) is 6.20. The Morgan fingerprint density at radius 2 is 1.92 bits per heavy atom. The summed E-state index contributed by atoms with van der Waals surface area (Å²) in [4.78, 5) is 7.16. The Balaban J connectivity index is 1.49. The molecular formula is C19H25N3O2. The Kier molecular flexibility index (Phi) is 4.37. The number of ether oxygens (including phenoxy) is 1. The summed E-state index contributed by atoms with van der Waals surface area (Å²) in [7, 11) is 0. The molecule has 128 valence electrons. The highest BCUT2D eigenvalue weighted by atomic mass is 16.5. The van der Waals surface area contributed by atoms with Crippen molar-refractivity contribution in [1.29, 1.82) is 0 Å². The molecule has 0 bridgehead atoms. The molecule has 5 nitrogen and oxygen atoms in total. The molecule has 4 rings (SSSR count). The Hall–Kier alpha value is -1.72. The molecule has 1 aromatic carbocycles. The lowest BCUT2D eigenvalue weighted by Crippen LogP contribution is -2.46. The number of piperidine rings is 1. The van der Waals surface area contributed by atoms with Gasteiger partial charge in [-0.25, -0.2) is 0 Å². The van der Waals surface area contributed by atoms with E-state index < -0.39 is 0 Å². The van der Waals surface area contributed by atoms with Gasteiger partial charge in [0.1, 0.15) is 0 Å². The first-order valence-electron chi connectivity index (χ1n) is 8.97. The van der Waals surface area contributed by atoms with Crippen molar-refractivity contribution >= 4 is 0 Å². The molecule has 3 heterocycles. The van der Waals surface area contributed by atoms with Crippen LogP contribution < -0.4 is 0 Å². The van der Waals surface area contributed by atoms with Crippen LogP contribution in [0.25, 0.3) is 11.4 Å². The highest BCUT2D eigenvalue weighted by Gasteiger charge is 2.39. The van der Waals surface area contributed by atoms with E-state index in [4.69, 9.17) is 9.26 Å². The van der Waals surface area contributed by atoms with Gasteiger partial charge in [-0.3, -0.25) is 4.90 Å². The topological polar surface area (TPSA) is 51.4 Å². The lowest BCUT2D eigenvalue weighted by Gasteiger charge is -2.46. The summed E-state index contributed by atoms with van der Waals surface area (Å²) in [5.41, 5.74) is 1.42. The Bertz CT molecular complexity index is 659. The molecular weight excluding hydrogens is 302 g/mol. The molecule has 5 heteroatoms. The second-order valence-corrected chi connectivity index (χ2v) is 7.18. The number of nitrogens with zero attached hydrogens (tertiary/aromatic N) is 3. The summed E-state index contributed by atoms with van der Waals surface area (Å²) in [5.74, 6) is 1.40. The predicted molar refractivity (Wildman–Crippen MR) is 91.4 cm³/mol. The third-order valence-corrected chi connectivity index (χ3v) is 5.62. The lowest BCUT2D eigenvalue weighted by molar-refractivity contribution is -0.0387. The van der Waals surface area contributed by atoms with Crippen molar-refractivity contribution in [3.8, 4) is 11.4 Å². The maximum absolute atomic E-state index is 5.58. The third-order valence-electron chi connectivity index (χ3n) is 5.62. The normalized spacial score (nSPS) is 22.5. The quantitative estimate of drug-likeness (QED) is 0.860. The van der Waals surface area contributed by atoms with Gasteiger partial charge in [-0.1, -0.05) is 35.5 Å². The average Bonchev–Trinajstić information content (AvgIpc) is 3.13. The van der Waals surface area contributed by atoms with Crippen LogP contribution in [0.2, 0.25) is 0 Å². The summed E-state index contributed by atoms with van der Waals surface area (Å²) in [6, 6.07) is 10.2. The SMILES string of the molecule is CC(c1nc(-c2ccccc2)no1)N1CCCC2(CCOCC2)C1. The first kappa shape index (κ1) is 15.8. The van der Waals surface area contributed by atoms with Crippen molar-refractivity contribution in [2.24, 2.45) is 5.41 Å². The van der Waals surface area contributed by atoms with E-state index in [1.165, 1.54) is 25.7 Å². The molecule has 2 aliphatic heterocycles. The zero-order chi connectivity index (χ0) is 16.4. The van der Waals surface area contributed by atoms with Crippen molar-refractivity contribution in [3.63, 3.8) is 0 Å². The molecule has 1 aromatic heterocycles. The molecule has 2 aromatic rings. The molecule has 2 saturated heterocycles. The van der Waals surface area contributed by atoms with Gasteiger partial charge in [-0.05, 0) is 44.6 Å². The fourth-order valence-electron chi connectivity index (χ4n) is 4.05. The Morgan fingerprint density at radius 3 is 2.71 bits per heavy atom. The van der Waals surface area contributed by atoms with E-state index in [0.29, 0.717) is 11.2 Å².